The third-order valence-corrected chi connectivity index (χ3v) is 4.65. The van der Waals surface area contributed by atoms with E-state index in [0.717, 1.165) is 0 Å². The van der Waals surface area contributed by atoms with Crippen molar-refractivity contribution in [3.63, 3.8) is 0 Å². The lowest BCUT2D eigenvalue weighted by Gasteiger charge is -2.44. The quantitative estimate of drug-likeness (QED) is 0.868. The molecule has 22 heavy (non-hydrogen) atoms. The number of aliphatic hydroxyl groups is 1. The Morgan fingerprint density at radius 3 is 2.18 bits per heavy atom. The van der Waals surface area contributed by atoms with Crippen LogP contribution in [-0.2, 0) is 14.4 Å². The van der Waals surface area contributed by atoms with Crippen LogP contribution in [0.15, 0.2) is 24.3 Å². The summed E-state index contributed by atoms with van der Waals surface area (Å²) in [6.45, 7) is 4.22. The molecule has 1 aliphatic carbocycles. The lowest BCUT2D eigenvalue weighted by atomic mass is 9.60. The number of hydrogen-bond donors (Lipinski definition) is 1. The van der Waals surface area contributed by atoms with Gasteiger partial charge in [0.1, 0.15) is 17.3 Å². The molecule has 0 amide bonds. The highest BCUT2D eigenvalue weighted by Crippen LogP contribution is 2.46. The predicted octanol–water partition coefficient (Wildman–Crippen LogP) is 2.56. The van der Waals surface area contributed by atoms with Gasteiger partial charge in [-0.05, 0) is 38.5 Å². The molecule has 0 saturated heterocycles. The summed E-state index contributed by atoms with van der Waals surface area (Å²) < 4.78 is 0. The Bertz CT molecular complexity index is 618. The summed E-state index contributed by atoms with van der Waals surface area (Å²) in [6, 6.07) is 6.71. The Balaban J connectivity index is 2.61. The minimum atomic E-state index is -1.46. The van der Waals surface area contributed by atoms with Crippen LogP contribution in [0, 0.1) is 11.8 Å². The molecule has 118 valence electrons. The zero-order valence-corrected chi connectivity index (χ0v) is 13.6. The zero-order valence-electron chi connectivity index (χ0n) is 12.8. The molecule has 5 heteroatoms. The molecule has 2 rings (SSSR count). The monoisotopic (exact) mass is 322 g/mol. The molecule has 0 bridgehead atoms. The molecule has 0 unspecified atom stereocenters. The van der Waals surface area contributed by atoms with Crippen LogP contribution in [-0.4, -0.2) is 28.1 Å². The molecule has 1 aliphatic rings. The van der Waals surface area contributed by atoms with Crippen LogP contribution < -0.4 is 0 Å². The van der Waals surface area contributed by atoms with Gasteiger partial charge in [-0.2, -0.15) is 0 Å². The van der Waals surface area contributed by atoms with Crippen LogP contribution >= 0.6 is 11.6 Å². The van der Waals surface area contributed by atoms with Crippen LogP contribution in [0.1, 0.15) is 38.7 Å². The Morgan fingerprint density at radius 1 is 1.18 bits per heavy atom. The van der Waals surface area contributed by atoms with Crippen molar-refractivity contribution in [1.82, 2.24) is 0 Å². The summed E-state index contributed by atoms with van der Waals surface area (Å²) in [5, 5.41) is 11.1. The number of carbonyl (C=O) groups excluding carboxylic acids is 3. The second-order valence-corrected chi connectivity index (χ2v) is 6.69. The van der Waals surface area contributed by atoms with E-state index >= 15 is 0 Å². The van der Waals surface area contributed by atoms with E-state index in [4.69, 9.17) is 11.6 Å². The second kappa shape index (κ2) is 5.94. The number of carbonyl (C=O) groups is 3. The van der Waals surface area contributed by atoms with Gasteiger partial charge in [0, 0.05) is 17.4 Å². The Kier molecular flexibility index (Phi) is 4.54. The molecular formula is C17H19ClO4. The maximum absolute atomic E-state index is 12.4. The Hall–Kier alpha value is -1.52. The molecule has 4 nitrogen and oxygen atoms in total. The van der Waals surface area contributed by atoms with Gasteiger partial charge in [0.05, 0.1) is 17.4 Å². The summed E-state index contributed by atoms with van der Waals surface area (Å²) >= 11 is 5.88. The first-order valence-electron chi connectivity index (χ1n) is 7.16. The van der Waals surface area contributed by atoms with E-state index in [1.165, 1.54) is 20.8 Å². The number of benzene rings is 1. The highest BCUT2D eigenvalue weighted by Gasteiger charge is 2.53. The second-order valence-electron chi connectivity index (χ2n) is 6.25. The van der Waals surface area contributed by atoms with E-state index in [9.17, 15) is 19.5 Å². The molecule has 1 aromatic rings. The van der Waals surface area contributed by atoms with Crippen LogP contribution in [0.5, 0.6) is 0 Å². The summed E-state index contributed by atoms with van der Waals surface area (Å²) in [5.74, 6) is -3.22. The van der Waals surface area contributed by atoms with Gasteiger partial charge in [0.25, 0.3) is 0 Å². The molecule has 1 fully saturated rings. The Labute approximate surface area is 134 Å². The van der Waals surface area contributed by atoms with Crippen molar-refractivity contribution in [2.45, 2.75) is 38.7 Å². The number of rotatable bonds is 3. The Morgan fingerprint density at radius 2 is 1.73 bits per heavy atom. The van der Waals surface area contributed by atoms with Crippen molar-refractivity contribution in [2.24, 2.45) is 11.8 Å². The fraction of sp³-hybridized carbons (Fsp3) is 0.471. The van der Waals surface area contributed by atoms with E-state index in [1.807, 2.05) is 0 Å². The minimum Gasteiger partial charge on any atom is -0.389 e. The summed E-state index contributed by atoms with van der Waals surface area (Å²) in [5.41, 5.74) is -0.794. The van der Waals surface area contributed by atoms with E-state index in [0.29, 0.717) is 10.6 Å². The van der Waals surface area contributed by atoms with Crippen molar-refractivity contribution in [3.05, 3.63) is 34.9 Å². The van der Waals surface area contributed by atoms with Gasteiger partial charge in [0.2, 0.25) is 0 Å². The van der Waals surface area contributed by atoms with E-state index in [2.05, 4.69) is 0 Å². The fourth-order valence-corrected chi connectivity index (χ4v) is 3.72. The highest BCUT2D eigenvalue weighted by atomic mass is 35.5. The number of hydrogen-bond acceptors (Lipinski definition) is 4. The lowest BCUT2D eigenvalue weighted by Crippen LogP contribution is -2.53. The van der Waals surface area contributed by atoms with Crippen molar-refractivity contribution in [2.75, 3.05) is 0 Å². The minimum absolute atomic E-state index is 0.189. The van der Waals surface area contributed by atoms with Crippen molar-refractivity contribution in [3.8, 4) is 0 Å². The number of Topliss-reactive ketones (excluding diaryl/α,β-unsaturated/α-hetero) is 3. The number of halogens is 1. The summed E-state index contributed by atoms with van der Waals surface area (Å²) in [4.78, 5) is 36.5. The van der Waals surface area contributed by atoms with Crippen LogP contribution in [0.2, 0.25) is 5.02 Å². The van der Waals surface area contributed by atoms with Gasteiger partial charge in [-0.25, -0.2) is 0 Å². The van der Waals surface area contributed by atoms with Gasteiger partial charge in [-0.1, -0.05) is 23.7 Å². The first-order valence-corrected chi connectivity index (χ1v) is 7.54. The standard InChI is InChI=1S/C17H19ClO4/c1-9(19)14-13(21)8-17(3,22)16(10(2)20)15(14)11-4-6-12(18)7-5-11/h4-7,14-16,22H,8H2,1-3H3/t14-,15-,16-,17+/m1/s1. The van der Waals surface area contributed by atoms with Crippen molar-refractivity contribution >= 4 is 29.0 Å². The molecule has 1 saturated carbocycles. The van der Waals surface area contributed by atoms with Crippen LogP contribution in [0.3, 0.4) is 0 Å². The third-order valence-electron chi connectivity index (χ3n) is 4.40. The number of ketones is 3. The smallest absolute Gasteiger partial charge is 0.146 e. The molecule has 1 N–H and O–H groups in total. The van der Waals surface area contributed by atoms with Crippen LogP contribution in [0.4, 0.5) is 0 Å². The molecule has 0 radical (unpaired) electrons. The van der Waals surface area contributed by atoms with E-state index < -0.39 is 23.4 Å². The highest BCUT2D eigenvalue weighted by molar-refractivity contribution is 6.30. The predicted molar refractivity (Wildman–Crippen MR) is 82.8 cm³/mol. The maximum atomic E-state index is 12.4. The third kappa shape index (κ3) is 2.99. The molecule has 1 aromatic carbocycles. The van der Waals surface area contributed by atoms with E-state index in [1.54, 1.807) is 24.3 Å². The lowest BCUT2D eigenvalue weighted by molar-refractivity contribution is -0.151. The van der Waals surface area contributed by atoms with Crippen molar-refractivity contribution < 1.29 is 19.5 Å². The normalized spacial score (nSPS) is 31.9. The summed E-state index contributed by atoms with van der Waals surface area (Å²) in [6.07, 6.45) is -0.189. The van der Waals surface area contributed by atoms with Crippen LogP contribution in [0.25, 0.3) is 0 Å². The topological polar surface area (TPSA) is 71.4 Å². The first kappa shape index (κ1) is 16.8. The van der Waals surface area contributed by atoms with Gasteiger partial charge in [0.15, 0.2) is 0 Å². The fourth-order valence-electron chi connectivity index (χ4n) is 3.59. The molecule has 0 spiro atoms. The average Bonchev–Trinajstić information content (AvgIpc) is 2.36. The SMILES string of the molecule is CC(=O)[C@@H]1C(=O)C[C@](C)(O)[C@H](C(C)=O)[C@@H]1c1ccc(Cl)cc1. The molecule has 0 heterocycles. The average molecular weight is 323 g/mol. The van der Waals surface area contributed by atoms with Gasteiger partial charge in [-0.15, -0.1) is 0 Å². The molecule has 0 aromatic heterocycles. The van der Waals surface area contributed by atoms with Crippen molar-refractivity contribution in [1.29, 1.82) is 0 Å². The van der Waals surface area contributed by atoms with E-state index in [-0.39, 0.29) is 23.8 Å². The summed E-state index contributed by atoms with van der Waals surface area (Å²) in [7, 11) is 0. The molecule has 4 atom stereocenters. The first-order chi connectivity index (χ1) is 10.1. The van der Waals surface area contributed by atoms with Gasteiger partial charge >= 0.3 is 0 Å². The largest absolute Gasteiger partial charge is 0.389 e. The van der Waals surface area contributed by atoms with Gasteiger partial charge in [-0.3, -0.25) is 14.4 Å². The van der Waals surface area contributed by atoms with Gasteiger partial charge < -0.3 is 5.11 Å². The molecular weight excluding hydrogens is 304 g/mol. The molecule has 0 aliphatic heterocycles. The maximum Gasteiger partial charge on any atom is 0.146 e. The zero-order chi connectivity index (χ0) is 16.7.